The summed E-state index contributed by atoms with van der Waals surface area (Å²) in [5.74, 6) is 0. The molecule has 0 saturated carbocycles. The molecule has 3 N–H and O–H groups in total. The van der Waals surface area contributed by atoms with Crippen molar-refractivity contribution in [3.63, 3.8) is 0 Å². The zero-order chi connectivity index (χ0) is 11.1. The van der Waals surface area contributed by atoms with Crippen LogP contribution in [0.5, 0.6) is 0 Å². The molecule has 6 nitrogen and oxygen atoms in total. The highest BCUT2D eigenvalue weighted by Gasteiger charge is 2.36. The van der Waals surface area contributed by atoms with Gasteiger partial charge in [0.05, 0.1) is 13.2 Å². The molecule has 0 aliphatic carbocycles. The summed E-state index contributed by atoms with van der Waals surface area (Å²) >= 11 is 0. The highest BCUT2D eigenvalue weighted by atomic mass is 28.4. The minimum Gasteiger partial charge on any atom is -0.379 e. The first-order chi connectivity index (χ1) is 7.26. The smallest absolute Gasteiger partial charge is 0.379 e. The Morgan fingerprint density at radius 1 is 1.19 bits per heavy atom. The minimum atomic E-state index is -2.39. The third-order valence-corrected chi connectivity index (χ3v) is 5.24. The quantitative estimate of drug-likeness (QED) is 0.372. The minimum absolute atomic E-state index is 0. The summed E-state index contributed by atoms with van der Waals surface area (Å²) in [4.78, 5) is 0. The van der Waals surface area contributed by atoms with Gasteiger partial charge in [-0.1, -0.05) is 0 Å². The fraction of sp³-hybridized carbons (Fsp3) is 1.00. The molecule has 0 bridgehead atoms. The lowest BCUT2D eigenvalue weighted by Crippen LogP contribution is -2.42. The van der Waals surface area contributed by atoms with Gasteiger partial charge in [-0.05, 0) is 6.42 Å². The van der Waals surface area contributed by atoms with E-state index in [-0.39, 0.29) is 6.15 Å². The van der Waals surface area contributed by atoms with Gasteiger partial charge in [0.1, 0.15) is 6.10 Å². The summed E-state index contributed by atoms with van der Waals surface area (Å²) in [6, 6.07) is 0.780. The van der Waals surface area contributed by atoms with Gasteiger partial charge in [0, 0.05) is 34.0 Å². The first-order valence-corrected chi connectivity index (χ1v) is 7.04. The molecule has 1 unspecified atom stereocenters. The van der Waals surface area contributed by atoms with Crippen molar-refractivity contribution in [3.8, 4) is 0 Å². The van der Waals surface area contributed by atoms with Crippen LogP contribution in [0.1, 0.15) is 6.42 Å². The Morgan fingerprint density at radius 3 is 2.19 bits per heavy atom. The standard InChI is InChI=1S/C9H20O5Si.H3N/c1-10-15(11-2,12-3)6-4-5-13-7-9-8-14-9;/h9H,4-8H2,1-3H3;1H3. The topological polar surface area (TPSA) is 84.5 Å². The average molecular weight is 253 g/mol. The molecule has 98 valence electrons. The van der Waals surface area contributed by atoms with Crippen LogP contribution >= 0.6 is 0 Å². The molecule has 1 aliphatic rings. The Balaban J connectivity index is 0.00000225. The summed E-state index contributed by atoms with van der Waals surface area (Å²) < 4.78 is 26.3. The molecule has 16 heavy (non-hydrogen) atoms. The monoisotopic (exact) mass is 253 g/mol. The van der Waals surface area contributed by atoms with Crippen molar-refractivity contribution in [1.82, 2.24) is 6.15 Å². The maximum atomic E-state index is 5.42. The first kappa shape index (κ1) is 16.0. The van der Waals surface area contributed by atoms with E-state index >= 15 is 0 Å². The molecule has 0 radical (unpaired) electrons. The number of hydrogen-bond donors (Lipinski definition) is 1. The second-order valence-electron chi connectivity index (χ2n) is 3.43. The van der Waals surface area contributed by atoms with E-state index in [0.717, 1.165) is 19.1 Å². The maximum absolute atomic E-state index is 5.42. The number of epoxide rings is 1. The van der Waals surface area contributed by atoms with E-state index in [0.29, 0.717) is 19.3 Å². The van der Waals surface area contributed by atoms with Crippen molar-refractivity contribution in [2.45, 2.75) is 18.6 Å². The zero-order valence-electron chi connectivity index (χ0n) is 10.4. The molecular formula is C9H23NO5Si. The van der Waals surface area contributed by atoms with Crippen LogP contribution in [0.3, 0.4) is 0 Å². The third kappa shape index (κ3) is 5.35. The van der Waals surface area contributed by atoms with Crippen molar-refractivity contribution in [1.29, 1.82) is 0 Å². The lowest BCUT2D eigenvalue weighted by molar-refractivity contribution is 0.100. The number of rotatable bonds is 9. The molecule has 0 spiro atoms. The Labute approximate surface area is 98.1 Å². The Morgan fingerprint density at radius 2 is 1.75 bits per heavy atom. The lowest BCUT2D eigenvalue weighted by atomic mass is 10.5. The summed E-state index contributed by atoms with van der Waals surface area (Å²) in [6.45, 7) is 2.24. The summed E-state index contributed by atoms with van der Waals surface area (Å²) in [5, 5.41) is 0. The largest absolute Gasteiger partial charge is 0.500 e. The van der Waals surface area contributed by atoms with Gasteiger partial charge < -0.3 is 28.9 Å². The Hall–Kier alpha value is -0.0231. The Kier molecular flexibility index (Phi) is 8.11. The molecule has 0 aromatic carbocycles. The number of hydrogen-bond acceptors (Lipinski definition) is 6. The molecule has 7 heteroatoms. The van der Waals surface area contributed by atoms with Crippen LogP contribution in [0.2, 0.25) is 6.04 Å². The van der Waals surface area contributed by atoms with Gasteiger partial charge in [-0.15, -0.1) is 0 Å². The maximum Gasteiger partial charge on any atom is 0.500 e. The van der Waals surface area contributed by atoms with Crippen molar-refractivity contribution >= 4 is 8.80 Å². The molecule has 0 aromatic heterocycles. The van der Waals surface area contributed by atoms with E-state index in [1.807, 2.05) is 0 Å². The summed E-state index contributed by atoms with van der Waals surface area (Å²) in [5.41, 5.74) is 0. The van der Waals surface area contributed by atoms with E-state index in [9.17, 15) is 0 Å². The second-order valence-corrected chi connectivity index (χ2v) is 6.52. The third-order valence-electron chi connectivity index (χ3n) is 2.41. The van der Waals surface area contributed by atoms with Gasteiger partial charge in [0.15, 0.2) is 0 Å². The lowest BCUT2D eigenvalue weighted by Gasteiger charge is -2.24. The molecule has 1 atom stereocenters. The van der Waals surface area contributed by atoms with Crippen LogP contribution < -0.4 is 6.15 Å². The molecule has 1 aliphatic heterocycles. The normalized spacial score (nSPS) is 19.3. The van der Waals surface area contributed by atoms with Gasteiger partial charge in [-0.3, -0.25) is 0 Å². The predicted octanol–water partition coefficient (Wildman–Crippen LogP) is 0.832. The van der Waals surface area contributed by atoms with Crippen LogP contribution in [0.4, 0.5) is 0 Å². The van der Waals surface area contributed by atoms with Crippen molar-refractivity contribution in [2.24, 2.45) is 0 Å². The van der Waals surface area contributed by atoms with Crippen molar-refractivity contribution in [3.05, 3.63) is 0 Å². The average Bonchev–Trinajstić information content (AvgIpc) is 3.08. The zero-order valence-corrected chi connectivity index (χ0v) is 11.4. The van der Waals surface area contributed by atoms with Gasteiger partial charge in [-0.2, -0.15) is 0 Å². The molecule has 1 saturated heterocycles. The molecule has 0 amide bonds. The van der Waals surface area contributed by atoms with Gasteiger partial charge in [0.2, 0.25) is 0 Å². The van der Waals surface area contributed by atoms with E-state index < -0.39 is 8.80 Å². The summed E-state index contributed by atoms with van der Waals surface area (Å²) in [6.07, 6.45) is 1.22. The molecule has 1 rings (SSSR count). The Bertz CT molecular complexity index is 167. The van der Waals surface area contributed by atoms with Crippen LogP contribution in [0.15, 0.2) is 0 Å². The van der Waals surface area contributed by atoms with Crippen LogP contribution in [0, 0.1) is 0 Å². The molecule has 0 aromatic rings. The van der Waals surface area contributed by atoms with E-state index in [1.165, 1.54) is 0 Å². The second kappa shape index (κ2) is 8.12. The molecule has 1 heterocycles. The van der Waals surface area contributed by atoms with Gasteiger partial charge in [-0.25, -0.2) is 0 Å². The van der Waals surface area contributed by atoms with E-state index in [4.69, 9.17) is 22.8 Å². The SMILES string of the molecule is CO[Si](CCCOCC1CO1)(OC)OC.N. The van der Waals surface area contributed by atoms with Gasteiger partial charge in [0.25, 0.3) is 0 Å². The van der Waals surface area contributed by atoms with Crippen molar-refractivity contribution < 1.29 is 22.8 Å². The fourth-order valence-corrected chi connectivity index (χ4v) is 3.02. The highest BCUT2D eigenvalue weighted by molar-refractivity contribution is 6.60. The fourth-order valence-electron chi connectivity index (χ4n) is 1.33. The number of ether oxygens (including phenoxy) is 2. The van der Waals surface area contributed by atoms with Gasteiger partial charge >= 0.3 is 8.80 Å². The van der Waals surface area contributed by atoms with Crippen LogP contribution in [-0.4, -0.2) is 56.1 Å². The first-order valence-electron chi connectivity index (χ1n) is 5.11. The predicted molar refractivity (Wildman–Crippen MR) is 61.8 cm³/mol. The highest BCUT2D eigenvalue weighted by Crippen LogP contribution is 2.15. The van der Waals surface area contributed by atoms with E-state index in [1.54, 1.807) is 21.3 Å². The van der Waals surface area contributed by atoms with E-state index in [2.05, 4.69) is 0 Å². The van der Waals surface area contributed by atoms with Crippen LogP contribution in [0.25, 0.3) is 0 Å². The van der Waals surface area contributed by atoms with Crippen LogP contribution in [-0.2, 0) is 22.8 Å². The molecular weight excluding hydrogens is 230 g/mol. The molecule has 1 fully saturated rings. The summed E-state index contributed by atoms with van der Waals surface area (Å²) in [7, 11) is 2.48. The van der Waals surface area contributed by atoms with Crippen molar-refractivity contribution in [2.75, 3.05) is 41.2 Å².